The molecule has 1 aliphatic rings. The van der Waals surface area contributed by atoms with Crippen LogP contribution in [0, 0.1) is 11.6 Å². The van der Waals surface area contributed by atoms with Crippen LogP contribution in [0.3, 0.4) is 0 Å². The van der Waals surface area contributed by atoms with Crippen LogP contribution >= 0.6 is 24.0 Å². The van der Waals surface area contributed by atoms with Crippen molar-refractivity contribution in [3.05, 3.63) is 59.3 Å². The molecule has 0 atom stereocenters. The van der Waals surface area contributed by atoms with E-state index in [0.717, 1.165) is 48.0 Å². The fourth-order valence-corrected chi connectivity index (χ4v) is 5.06. The molecule has 10 heteroatoms. The predicted molar refractivity (Wildman–Crippen MR) is 108 cm³/mol. The summed E-state index contributed by atoms with van der Waals surface area (Å²) in [5.41, 5.74) is 1.10. The number of nitrogens with zero attached hydrogens (tertiary/aromatic N) is 2. The van der Waals surface area contributed by atoms with Gasteiger partial charge in [-0.05, 0) is 36.4 Å². The molecule has 3 aromatic rings. The lowest BCUT2D eigenvalue weighted by molar-refractivity contribution is 0.549. The average molecular weight is 448 g/mol. The molecule has 1 N–H and O–H groups in total. The highest BCUT2D eigenvalue weighted by molar-refractivity contribution is 7.90. The Hall–Kier alpha value is -1.87. The number of aromatic nitrogens is 1. The molecule has 1 aromatic heterocycles. The standard InChI is InChI=1S/C18H16ClF2N3O2S.ClH/c19-14-2-4-16-13(18(14)23-9-6-22-7-10-23)5-8-24(16)27(25,26)17-11-12(20)1-3-15(17)21;/h1-5,8,11,22H,6-7,9-10H2;1H. The Morgan fingerprint density at radius 3 is 2.46 bits per heavy atom. The molecule has 28 heavy (non-hydrogen) atoms. The first kappa shape index (κ1) is 20.9. The minimum Gasteiger partial charge on any atom is -0.367 e. The van der Waals surface area contributed by atoms with Crippen LogP contribution in [0.2, 0.25) is 5.02 Å². The highest BCUT2D eigenvalue weighted by Gasteiger charge is 2.26. The summed E-state index contributed by atoms with van der Waals surface area (Å²) in [6, 6.07) is 7.19. The van der Waals surface area contributed by atoms with Crippen LogP contribution < -0.4 is 10.2 Å². The van der Waals surface area contributed by atoms with E-state index in [2.05, 4.69) is 10.2 Å². The molecule has 1 fully saturated rings. The van der Waals surface area contributed by atoms with Gasteiger partial charge in [0, 0.05) is 37.8 Å². The summed E-state index contributed by atoms with van der Waals surface area (Å²) >= 11 is 6.39. The second kappa shape index (κ2) is 7.87. The summed E-state index contributed by atoms with van der Waals surface area (Å²) < 4.78 is 54.5. The number of hydrogen-bond donors (Lipinski definition) is 1. The molecule has 0 bridgehead atoms. The Morgan fingerprint density at radius 2 is 1.75 bits per heavy atom. The zero-order chi connectivity index (χ0) is 19.2. The monoisotopic (exact) mass is 447 g/mol. The fourth-order valence-electron chi connectivity index (χ4n) is 3.35. The minimum atomic E-state index is -4.31. The highest BCUT2D eigenvalue weighted by Crippen LogP contribution is 2.36. The fraction of sp³-hybridized carbons (Fsp3) is 0.222. The first-order valence-electron chi connectivity index (χ1n) is 8.35. The third kappa shape index (κ3) is 3.45. The Kier molecular flexibility index (Phi) is 5.86. The molecule has 0 radical (unpaired) electrons. The van der Waals surface area contributed by atoms with Gasteiger partial charge in [0.05, 0.1) is 16.2 Å². The van der Waals surface area contributed by atoms with E-state index in [1.54, 1.807) is 18.2 Å². The first-order chi connectivity index (χ1) is 12.9. The van der Waals surface area contributed by atoms with Gasteiger partial charge in [-0.3, -0.25) is 0 Å². The normalized spacial score (nSPS) is 14.9. The molecule has 0 aliphatic carbocycles. The van der Waals surface area contributed by atoms with Gasteiger partial charge >= 0.3 is 0 Å². The SMILES string of the molecule is Cl.O=S(=O)(c1cc(F)ccc1F)n1ccc2c(N3CCNCC3)c(Cl)ccc21. The lowest BCUT2D eigenvalue weighted by Crippen LogP contribution is -2.43. The van der Waals surface area contributed by atoms with Gasteiger partial charge in [-0.1, -0.05) is 11.6 Å². The van der Waals surface area contributed by atoms with E-state index in [9.17, 15) is 17.2 Å². The molecule has 5 nitrogen and oxygen atoms in total. The van der Waals surface area contributed by atoms with Crippen LogP contribution in [-0.2, 0) is 10.0 Å². The lowest BCUT2D eigenvalue weighted by Gasteiger charge is -2.30. The van der Waals surface area contributed by atoms with Crippen molar-refractivity contribution >= 4 is 50.6 Å². The Labute approximate surface area is 172 Å². The summed E-state index contributed by atoms with van der Waals surface area (Å²) in [6.45, 7) is 3.05. The molecule has 2 aromatic carbocycles. The number of rotatable bonds is 3. The van der Waals surface area contributed by atoms with Gasteiger partial charge < -0.3 is 10.2 Å². The zero-order valence-electron chi connectivity index (χ0n) is 14.5. The molecule has 0 unspecified atom stereocenters. The van der Waals surface area contributed by atoms with E-state index in [-0.39, 0.29) is 12.4 Å². The van der Waals surface area contributed by atoms with Crippen LogP contribution in [-0.4, -0.2) is 38.6 Å². The zero-order valence-corrected chi connectivity index (χ0v) is 16.9. The largest absolute Gasteiger partial charge is 0.367 e. The number of fused-ring (bicyclic) bond motifs is 1. The minimum absolute atomic E-state index is 0. The van der Waals surface area contributed by atoms with Crippen LogP contribution in [0.1, 0.15) is 0 Å². The van der Waals surface area contributed by atoms with Gasteiger partial charge in [-0.2, -0.15) is 0 Å². The van der Waals surface area contributed by atoms with Crippen LogP contribution in [0.25, 0.3) is 10.9 Å². The van der Waals surface area contributed by atoms with E-state index in [1.807, 2.05) is 0 Å². The smallest absolute Gasteiger partial charge is 0.271 e. The van der Waals surface area contributed by atoms with Crippen LogP contribution in [0.4, 0.5) is 14.5 Å². The number of halogens is 4. The van der Waals surface area contributed by atoms with Gasteiger partial charge in [-0.15, -0.1) is 12.4 Å². The van der Waals surface area contributed by atoms with Crippen molar-refractivity contribution in [3.63, 3.8) is 0 Å². The van der Waals surface area contributed by atoms with E-state index < -0.39 is 26.6 Å². The van der Waals surface area contributed by atoms with Gasteiger partial charge in [-0.25, -0.2) is 21.2 Å². The average Bonchev–Trinajstić information content (AvgIpc) is 3.09. The molecule has 4 rings (SSSR count). The molecular weight excluding hydrogens is 431 g/mol. The Morgan fingerprint density at radius 1 is 1.04 bits per heavy atom. The molecule has 2 heterocycles. The van der Waals surface area contributed by atoms with Crippen molar-refractivity contribution in [2.24, 2.45) is 0 Å². The quantitative estimate of drug-likeness (QED) is 0.665. The second-order valence-corrected chi connectivity index (χ2v) is 8.45. The molecular formula is C18H17Cl2F2N3O2S. The summed E-state index contributed by atoms with van der Waals surface area (Å²) in [6.07, 6.45) is 1.34. The number of benzene rings is 2. The molecule has 0 amide bonds. The maximum absolute atomic E-state index is 14.1. The summed E-state index contributed by atoms with van der Waals surface area (Å²) in [7, 11) is -4.31. The molecule has 0 saturated carbocycles. The van der Waals surface area contributed by atoms with Crippen molar-refractivity contribution in [2.75, 3.05) is 31.1 Å². The molecule has 150 valence electrons. The van der Waals surface area contributed by atoms with Gasteiger partial charge in [0.15, 0.2) is 0 Å². The number of hydrogen-bond acceptors (Lipinski definition) is 4. The first-order valence-corrected chi connectivity index (χ1v) is 10.2. The van der Waals surface area contributed by atoms with Crippen molar-refractivity contribution in [2.45, 2.75) is 4.90 Å². The summed E-state index contributed by atoms with van der Waals surface area (Å²) in [5.74, 6) is -1.83. The van der Waals surface area contributed by atoms with Gasteiger partial charge in [0.25, 0.3) is 10.0 Å². The summed E-state index contributed by atoms with van der Waals surface area (Å²) in [4.78, 5) is 1.37. The van der Waals surface area contributed by atoms with E-state index >= 15 is 0 Å². The maximum Gasteiger partial charge on any atom is 0.271 e. The molecule has 1 saturated heterocycles. The van der Waals surface area contributed by atoms with Crippen molar-refractivity contribution < 1.29 is 17.2 Å². The second-order valence-electron chi connectivity index (χ2n) is 6.26. The van der Waals surface area contributed by atoms with E-state index in [0.29, 0.717) is 22.0 Å². The lowest BCUT2D eigenvalue weighted by atomic mass is 10.2. The van der Waals surface area contributed by atoms with E-state index in [4.69, 9.17) is 11.6 Å². The Balaban J connectivity index is 0.00000225. The molecule has 0 spiro atoms. The highest BCUT2D eigenvalue weighted by atomic mass is 35.5. The molecule has 1 aliphatic heterocycles. The Bertz CT molecular complexity index is 1130. The third-order valence-electron chi connectivity index (χ3n) is 4.62. The number of anilines is 1. The van der Waals surface area contributed by atoms with Gasteiger partial charge in [0.1, 0.15) is 16.5 Å². The van der Waals surface area contributed by atoms with Crippen molar-refractivity contribution in [1.82, 2.24) is 9.29 Å². The topological polar surface area (TPSA) is 54.3 Å². The van der Waals surface area contributed by atoms with Crippen molar-refractivity contribution in [1.29, 1.82) is 0 Å². The maximum atomic E-state index is 14.1. The van der Waals surface area contributed by atoms with Gasteiger partial charge in [0.2, 0.25) is 0 Å². The van der Waals surface area contributed by atoms with Crippen LogP contribution in [0.15, 0.2) is 47.5 Å². The van der Waals surface area contributed by atoms with E-state index in [1.165, 1.54) is 6.20 Å². The van der Waals surface area contributed by atoms with Crippen molar-refractivity contribution in [3.8, 4) is 0 Å². The summed E-state index contributed by atoms with van der Waals surface area (Å²) in [5, 5.41) is 4.41. The number of nitrogens with one attached hydrogen (secondary N) is 1. The van der Waals surface area contributed by atoms with Crippen LogP contribution in [0.5, 0.6) is 0 Å². The number of piperazine rings is 1. The predicted octanol–water partition coefficient (Wildman–Crippen LogP) is 3.64. The third-order valence-corrected chi connectivity index (χ3v) is 6.63.